The average molecular weight is 710 g/mol. The van der Waals surface area contributed by atoms with Crippen molar-refractivity contribution in [3.8, 4) is 23.0 Å². The summed E-state index contributed by atoms with van der Waals surface area (Å²) in [6.07, 6.45) is 4.32. The first kappa shape index (κ1) is 34.1. The molecule has 1 heterocycles. The number of aromatic hydroxyl groups is 2. The van der Waals surface area contributed by atoms with E-state index in [-0.39, 0.29) is 65.8 Å². The number of imide groups is 1. The van der Waals surface area contributed by atoms with Crippen molar-refractivity contribution in [2.75, 3.05) is 20.8 Å². The third-order valence-electron chi connectivity index (χ3n) is 11.8. The van der Waals surface area contributed by atoms with Crippen LogP contribution >= 0.6 is 0 Å². The number of Topliss-reactive ketones (excluding diaryl/α,β-unsaturated/α-hetero) is 1. The van der Waals surface area contributed by atoms with Crippen LogP contribution in [0.5, 0.6) is 23.0 Å². The Morgan fingerprint density at radius 2 is 1.42 bits per heavy atom. The Morgan fingerprint density at radius 1 is 0.774 bits per heavy atom. The maximum atomic E-state index is 15.3. The molecular formula is C44H39NO8. The van der Waals surface area contributed by atoms with E-state index in [0.29, 0.717) is 28.7 Å². The number of nitrogens with zero attached hydrogens (tertiary/aromatic N) is 1. The van der Waals surface area contributed by atoms with Gasteiger partial charge in [0.15, 0.2) is 11.6 Å². The number of methoxy groups -OCH3 is 2. The lowest BCUT2D eigenvalue weighted by Gasteiger charge is -2.55. The second kappa shape index (κ2) is 13.2. The van der Waals surface area contributed by atoms with Gasteiger partial charge >= 0.3 is 0 Å². The molecule has 0 bridgehead atoms. The molecule has 268 valence electrons. The minimum atomic E-state index is -1.48. The SMILES string of the molecule is COc1cc(O)cc(OC)c1C1C2=CCC3C(=O)N(CCc4ccc(O)cc4)C(=O)C3C2CC2C(=O)C(c3ccccc3)=CC(=O)C21c1ccccc1. The number of phenols is 2. The molecule has 6 atom stereocenters. The van der Waals surface area contributed by atoms with Gasteiger partial charge in [0.25, 0.3) is 0 Å². The summed E-state index contributed by atoms with van der Waals surface area (Å²) in [6, 6.07) is 28.0. The number of amides is 2. The lowest BCUT2D eigenvalue weighted by Crippen LogP contribution is -2.59. The number of fused-ring (bicyclic) bond motifs is 4. The summed E-state index contributed by atoms with van der Waals surface area (Å²) in [7, 11) is 2.95. The van der Waals surface area contributed by atoms with Crippen LogP contribution in [0.25, 0.3) is 5.57 Å². The Hall–Kier alpha value is -5.96. The number of ether oxygens (including phenoxy) is 2. The first-order valence-electron chi connectivity index (χ1n) is 17.9. The fourth-order valence-corrected chi connectivity index (χ4v) is 9.59. The topological polar surface area (TPSA) is 130 Å². The number of rotatable bonds is 8. The zero-order valence-corrected chi connectivity index (χ0v) is 29.4. The molecule has 9 nitrogen and oxygen atoms in total. The smallest absolute Gasteiger partial charge is 0.233 e. The molecule has 1 aliphatic heterocycles. The lowest BCUT2D eigenvalue weighted by atomic mass is 9.44. The van der Waals surface area contributed by atoms with E-state index >= 15 is 9.59 Å². The number of phenolic OH excluding ortho intramolecular Hbond substituents is 2. The van der Waals surface area contributed by atoms with Crippen LogP contribution in [0, 0.1) is 23.7 Å². The van der Waals surface area contributed by atoms with E-state index in [1.54, 1.807) is 24.3 Å². The van der Waals surface area contributed by atoms with Crippen LogP contribution in [0.15, 0.2) is 115 Å². The van der Waals surface area contributed by atoms with Crippen molar-refractivity contribution in [3.63, 3.8) is 0 Å². The summed E-state index contributed by atoms with van der Waals surface area (Å²) >= 11 is 0. The van der Waals surface area contributed by atoms with Gasteiger partial charge < -0.3 is 19.7 Å². The van der Waals surface area contributed by atoms with Crippen LogP contribution in [0.2, 0.25) is 0 Å². The average Bonchev–Trinajstić information content (AvgIpc) is 3.43. The van der Waals surface area contributed by atoms with Gasteiger partial charge in [-0.15, -0.1) is 0 Å². The van der Waals surface area contributed by atoms with Crippen LogP contribution in [-0.2, 0) is 31.0 Å². The molecule has 3 aliphatic carbocycles. The van der Waals surface area contributed by atoms with Crippen LogP contribution in [0.3, 0.4) is 0 Å². The largest absolute Gasteiger partial charge is 0.508 e. The maximum Gasteiger partial charge on any atom is 0.233 e. The van der Waals surface area contributed by atoms with Crippen molar-refractivity contribution in [2.24, 2.45) is 23.7 Å². The molecule has 2 amide bonds. The minimum absolute atomic E-state index is 0.101. The summed E-state index contributed by atoms with van der Waals surface area (Å²) < 4.78 is 11.8. The van der Waals surface area contributed by atoms with Crippen molar-refractivity contribution in [1.29, 1.82) is 0 Å². The number of carbonyl (C=O) groups is 4. The van der Waals surface area contributed by atoms with E-state index in [0.717, 1.165) is 11.1 Å². The highest BCUT2D eigenvalue weighted by Crippen LogP contribution is 2.65. The Balaban J connectivity index is 1.33. The summed E-state index contributed by atoms with van der Waals surface area (Å²) in [6.45, 7) is 0.177. The maximum absolute atomic E-state index is 15.3. The third-order valence-corrected chi connectivity index (χ3v) is 11.8. The second-order valence-corrected chi connectivity index (χ2v) is 14.3. The zero-order valence-electron chi connectivity index (χ0n) is 29.4. The molecule has 1 saturated carbocycles. The molecule has 0 aromatic heterocycles. The van der Waals surface area contributed by atoms with Crippen LogP contribution in [0.4, 0.5) is 0 Å². The predicted octanol–water partition coefficient (Wildman–Crippen LogP) is 6.18. The molecule has 53 heavy (non-hydrogen) atoms. The molecule has 0 radical (unpaired) electrons. The Labute approximate surface area is 307 Å². The van der Waals surface area contributed by atoms with Crippen LogP contribution in [-0.4, -0.2) is 59.3 Å². The Bertz CT molecular complexity index is 2170. The van der Waals surface area contributed by atoms with Gasteiger partial charge in [-0.25, -0.2) is 0 Å². The molecule has 2 N–H and O–H groups in total. The molecule has 4 aliphatic rings. The number of ketones is 2. The molecule has 0 spiro atoms. The number of carbonyl (C=O) groups excluding carboxylic acids is 4. The highest BCUT2D eigenvalue weighted by atomic mass is 16.5. The molecule has 4 aromatic carbocycles. The first-order chi connectivity index (χ1) is 25.7. The standard InChI is InChI=1S/C44H39NO8/c1-52-35-21-29(47)22-36(53-2)39(35)40-30-17-18-31-38(43(51)45(42(31)50)20-19-25-13-15-28(46)16-14-25)33(30)23-34-41(49)32(26-9-5-3-6-10-26)24-37(48)44(34,40)27-11-7-4-8-12-27/h3-17,21-22,24,31,33-34,38,40,46-47H,18-20,23H2,1-2H3. The van der Waals surface area contributed by atoms with E-state index in [1.807, 2.05) is 66.7 Å². The highest BCUT2D eigenvalue weighted by Gasteiger charge is 2.66. The number of allylic oxidation sites excluding steroid dienone is 4. The van der Waals surface area contributed by atoms with Crippen LogP contribution < -0.4 is 9.47 Å². The van der Waals surface area contributed by atoms with Gasteiger partial charge in [-0.3, -0.25) is 24.1 Å². The lowest BCUT2D eigenvalue weighted by molar-refractivity contribution is -0.140. The minimum Gasteiger partial charge on any atom is -0.508 e. The molecular weight excluding hydrogens is 670 g/mol. The molecule has 9 heteroatoms. The van der Waals surface area contributed by atoms with Gasteiger partial charge in [0.2, 0.25) is 11.8 Å². The number of hydrogen-bond acceptors (Lipinski definition) is 8. The van der Waals surface area contributed by atoms with Gasteiger partial charge in [-0.05, 0) is 60.1 Å². The van der Waals surface area contributed by atoms with Gasteiger partial charge in [-0.1, -0.05) is 84.4 Å². The van der Waals surface area contributed by atoms with E-state index in [1.165, 1.54) is 37.3 Å². The highest BCUT2D eigenvalue weighted by molar-refractivity contribution is 6.31. The molecule has 8 rings (SSSR count). The summed E-state index contributed by atoms with van der Waals surface area (Å²) in [5, 5.41) is 20.5. The monoisotopic (exact) mass is 709 g/mol. The Kier molecular flexibility index (Phi) is 8.52. The molecule has 6 unspecified atom stereocenters. The molecule has 2 fully saturated rings. The number of hydrogen-bond donors (Lipinski definition) is 2. The fraction of sp³-hybridized carbons (Fsp3) is 0.273. The van der Waals surface area contributed by atoms with Gasteiger partial charge in [0, 0.05) is 41.6 Å². The normalized spacial score (nSPS) is 26.3. The first-order valence-corrected chi connectivity index (χ1v) is 17.9. The Morgan fingerprint density at radius 3 is 2.06 bits per heavy atom. The van der Waals surface area contributed by atoms with E-state index in [9.17, 15) is 19.8 Å². The summed E-state index contributed by atoms with van der Waals surface area (Å²) in [5.41, 5.74) is 2.22. The third kappa shape index (κ3) is 5.28. The van der Waals surface area contributed by atoms with Gasteiger partial charge in [0.1, 0.15) is 23.0 Å². The van der Waals surface area contributed by atoms with E-state index in [4.69, 9.17) is 9.47 Å². The zero-order chi connectivity index (χ0) is 37.0. The summed E-state index contributed by atoms with van der Waals surface area (Å²) in [5.74, 6) is -4.18. The number of likely N-dealkylation sites (tertiary alicyclic amines) is 1. The van der Waals surface area contributed by atoms with Crippen molar-refractivity contribution in [2.45, 2.75) is 30.6 Å². The quantitative estimate of drug-likeness (QED) is 0.164. The predicted molar refractivity (Wildman–Crippen MR) is 196 cm³/mol. The number of benzene rings is 4. The van der Waals surface area contributed by atoms with Crippen molar-refractivity contribution >= 4 is 29.0 Å². The van der Waals surface area contributed by atoms with Gasteiger partial charge in [-0.2, -0.15) is 0 Å². The summed E-state index contributed by atoms with van der Waals surface area (Å²) in [4.78, 5) is 60.4. The molecule has 1 saturated heterocycles. The fourth-order valence-electron chi connectivity index (χ4n) is 9.59. The van der Waals surface area contributed by atoms with Gasteiger partial charge in [0.05, 0.1) is 31.5 Å². The van der Waals surface area contributed by atoms with Crippen molar-refractivity contribution < 1.29 is 38.9 Å². The van der Waals surface area contributed by atoms with Crippen molar-refractivity contribution in [1.82, 2.24) is 4.90 Å². The second-order valence-electron chi connectivity index (χ2n) is 14.3. The van der Waals surface area contributed by atoms with E-state index in [2.05, 4.69) is 0 Å². The van der Waals surface area contributed by atoms with E-state index < -0.39 is 35.0 Å². The molecule has 4 aromatic rings. The van der Waals surface area contributed by atoms with Crippen LogP contribution in [0.1, 0.15) is 41.0 Å². The van der Waals surface area contributed by atoms with Crippen molar-refractivity contribution in [3.05, 3.63) is 137 Å².